The van der Waals surface area contributed by atoms with Crippen LogP contribution in [0.1, 0.15) is 24.2 Å². The highest BCUT2D eigenvalue weighted by Gasteiger charge is 2.14. The van der Waals surface area contributed by atoms with E-state index in [2.05, 4.69) is 18.8 Å². The Hall–Kier alpha value is -1.84. The Kier molecular flexibility index (Phi) is 2.64. The van der Waals surface area contributed by atoms with Crippen LogP contribution >= 0.6 is 0 Å². The molecular formula is C12H14N2O2. The predicted molar refractivity (Wildman–Crippen MR) is 61.5 cm³/mol. The maximum absolute atomic E-state index is 11.1. The van der Waals surface area contributed by atoms with Gasteiger partial charge in [-0.05, 0) is 18.1 Å². The summed E-state index contributed by atoms with van der Waals surface area (Å²) in [5.41, 5.74) is 1.07. The van der Waals surface area contributed by atoms with Crippen LogP contribution in [0.15, 0.2) is 24.5 Å². The standard InChI is InChI=1S/C12H14N2O2/c1-8(2)6-14-7-10(12(15)16)9-4-3-5-13-11(9)14/h3-5,7-8H,6H2,1-2H3,(H,15,16). The number of carboxylic acid groups (broad SMARTS) is 1. The molecule has 0 aliphatic rings. The van der Waals surface area contributed by atoms with Crippen molar-refractivity contribution in [3.05, 3.63) is 30.1 Å². The number of carboxylic acids is 1. The van der Waals surface area contributed by atoms with Gasteiger partial charge in [-0.25, -0.2) is 9.78 Å². The monoisotopic (exact) mass is 218 g/mol. The molecule has 2 aromatic rings. The lowest BCUT2D eigenvalue weighted by Crippen LogP contribution is -2.03. The van der Waals surface area contributed by atoms with Gasteiger partial charge < -0.3 is 9.67 Å². The van der Waals surface area contributed by atoms with Crippen molar-refractivity contribution in [2.45, 2.75) is 20.4 Å². The van der Waals surface area contributed by atoms with Crippen LogP contribution in [0.5, 0.6) is 0 Å². The van der Waals surface area contributed by atoms with Gasteiger partial charge >= 0.3 is 5.97 Å². The highest BCUT2D eigenvalue weighted by atomic mass is 16.4. The van der Waals surface area contributed by atoms with Crippen LogP contribution in [0, 0.1) is 5.92 Å². The van der Waals surface area contributed by atoms with E-state index in [0.29, 0.717) is 16.9 Å². The highest BCUT2D eigenvalue weighted by Crippen LogP contribution is 2.20. The van der Waals surface area contributed by atoms with Crippen LogP contribution in [0.25, 0.3) is 11.0 Å². The van der Waals surface area contributed by atoms with E-state index in [1.807, 2.05) is 4.57 Å². The Morgan fingerprint density at radius 1 is 1.56 bits per heavy atom. The molecule has 16 heavy (non-hydrogen) atoms. The summed E-state index contributed by atoms with van der Waals surface area (Å²) in [6.45, 7) is 4.96. The molecule has 4 heteroatoms. The third-order valence-corrected chi connectivity index (χ3v) is 2.43. The van der Waals surface area contributed by atoms with E-state index < -0.39 is 5.97 Å². The van der Waals surface area contributed by atoms with Gasteiger partial charge in [-0.3, -0.25) is 0 Å². The lowest BCUT2D eigenvalue weighted by atomic mass is 10.2. The van der Waals surface area contributed by atoms with Crippen LogP contribution in [-0.4, -0.2) is 20.6 Å². The molecule has 0 saturated carbocycles. The topological polar surface area (TPSA) is 55.1 Å². The van der Waals surface area contributed by atoms with Crippen molar-refractivity contribution in [2.75, 3.05) is 0 Å². The van der Waals surface area contributed by atoms with E-state index in [1.54, 1.807) is 24.5 Å². The van der Waals surface area contributed by atoms with Gasteiger partial charge in [-0.2, -0.15) is 0 Å². The number of aromatic nitrogens is 2. The Morgan fingerprint density at radius 3 is 2.94 bits per heavy atom. The van der Waals surface area contributed by atoms with Crippen LogP contribution in [0.2, 0.25) is 0 Å². The molecule has 0 unspecified atom stereocenters. The van der Waals surface area contributed by atoms with Crippen LogP contribution < -0.4 is 0 Å². The smallest absolute Gasteiger partial charge is 0.337 e. The van der Waals surface area contributed by atoms with Crippen molar-refractivity contribution in [1.82, 2.24) is 9.55 Å². The normalized spacial score (nSPS) is 11.2. The molecule has 0 bridgehead atoms. The van der Waals surface area contributed by atoms with Crippen molar-refractivity contribution in [3.8, 4) is 0 Å². The fourth-order valence-electron chi connectivity index (χ4n) is 1.83. The summed E-state index contributed by atoms with van der Waals surface area (Å²) >= 11 is 0. The van der Waals surface area contributed by atoms with Gasteiger partial charge in [0, 0.05) is 24.3 Å². The van der Waals surface area contributed by atoms with E-state index in [1.165, 1.54) is 0 Å². The van der Waals surface area contributed by atoms with E-state index >= 15 is 0 Å². The maximum atomic E-state index is 11.1. The average molecular weight is 218 g/mol. The summed E-state index contributed by atoms with van der Waals surface area (Å²) in [5, 5.41) is 9.79. The Bertz CT molecular complexity index is 529. The third-order valence-electron chi connectivity index (χ3n) is 2.43. The third kappa shape index (κ3) is 1.78. The number of carbonyl (C=O) groups is 1. The second-order valence-electron chi connectivity index (χ2n) is 4.27. The summed E-state index contributed by atoms with van der Waals surface area (Å²) < 4.78 is 1.91. The largest absolute Gasteiger partial charge is 0.478 e. The van der Waals surface area contributed by atoms with Crippen molar-refractivity contribution >= 4 is 17.0 Å². The quantitative estimate of drug-likeness (QED) is 0.860. The molecule has 4 nitrogen and oxygen atoms in total. The van der Waals surface area contributed by atoms with Crippen molar-refractivity contribution in [1.29, 1.82) is 0 Å². The molecule has 0 fully saturated rings. The second kappa shape index (κ2) is 3.96. The molecule has 0 radical (unpaired) electrons. The first-order chi connectivity index (χ1) is 7.59. The number of fused-ring (bicyclic) bond motifs is 1. The fourth-order valence-corrected chi connectivity index (χ4v) is 1.83. The minimum absolute atomic E-state index is 0.323. The summed E-state index contributed by atoms with van der Waals surface area (Å²) in [5.74, 6) is -0.445. The van der Waals surface area contributed by atoms with Crippen molar-refractivity contribution in [3.63, 3.8) is 0 Å². The Balaban J connectivity index is 2.62. The number of rotatable bonds is 3. The number of hydrogen-bond acceptors (Lipinski definition) is 2. The molecule has 0 aromatic carbocycles. The fraction of sp³-hybridized carbons (Fsp3) is 0.333. The molecule has 0 aliphatic carbocycles. The minimum Gasteiger partial charge on any atom is -0.478 e. The Morgan fingerprint density at radius 2 is 2.31 bits per heavy atom. The first-order valence-corrected chi connectivity index (χ1v) is 5.26. The number of nitrogens with zero attached hydrogens (tertiary/aromatic N) is 2. The molecule has 2 heterocycles. The van der Waals surface area contributed by atoms with Gasteiger partial charge in [0.25, 0.3) is 0 Å². The van der Waals surface area contributed by atoms with Crippen molar-refractivity contribution < 1.29 is 9.90 Å². The van der Waals surface area contributed by atoms with Crippen LogP contribution in [-0.2, 0) is 6.54 Å². The first-order valence-electron chi connectivity index (χ1n) is 5.26. The van der Waals surface area contributed by atoms with Gasteiger partial charge in [0.2, 0.25) is 0 Å². The lowest BCUT2D eigenvalue weighted by Gasteiger charge is -2.06. The van der Waals surface area contributed by atoms with E-state index in [0.717, 1.165) is 12.2 Å². The number of hydrogen-bond donors (Lipinski definition) is 1. The molecule has 0 saturated heterocycles. The molecule has 0 atom stereocenters. The second-order valence-corrected chi connectivity index (χ2v) is 4.27. The number of pyridine rings is 1. The minimum atomic E-state index is -0.902. The molecule has 1 N–H and O–H groups in total. The molecule has 2 rings (SSSR count). The Labute approximate surface area is 93.5 Å². The zero-order chi connectivity index (χ0) is 11.7. The zero-order valence-corrected chi connectivity index (χ0v) is 9.34. The van der Waals surface area contributed by atoms with Crippen molar-refractivity contribution in [2.24, 2.45) is 5.92 Å². The maximum Gasteiger partial charge on any atom is 0.337 e. The molecule has 0 aliphatic heterocycles. The number of aromatic carboxylic acids is 1. The van der Waals surface area contributed by atoms with Gasteiger partial charge in [-0.15, -0.1) is 0 Å². The van der Waals surface area contributed by atoms with Gasteiger partial charge in [0.1, 0.15) is 5.65 Å². The molecule has 0 spiro atoms. The summed E-state index contributed by atoms with van der Waals surface area (Å²) in [7, 11) is 0. The van der Waals surface area contributed by atoms with Crippen LogP contribution in [0.4, 0.5) is 0 Å². The molecule has 84 valence electrons. The highest BCUT2D eigenvalue weighted by molar-refractivity contribution is 6.02. The lowest BCUT2D eigenvalue weighted by molar-refractivity contribution is 0.0698. The predicted octanol–water partition coefficient (Wildman–Crippen LogP) is 2.39. The molecular weight excluding hydrogens is 204 g/mol. The summed E-state index contributed by atoms with van der Waals surface area (Å²) in [6, 6.07) is 3.55. The van der Waals surface area contributed by atoms with Gasteiger partial charge in [-0.1, -0.05) is 13.8 Å². The van der Waals surface area contributed by atoms with Crippen LogP contribution in [0.3, 0.4) is 0 Å². The first kappa shape index (κ1) is 10.7. The molecule has 0 amide bonds. The SMILES string of the molecule is CC(C)Cn1cc(C(=O)O)c2cccnc21. The van der Waals surface area contributed by atoms with Gasteiger partial charge in [0.15, 0.2) is 0 Å². The average Bonchev–Trinajstić information content (AvgIpc) is 2.57. The summed E-state index contributed by atoms with van der Waals surface area (Å²) in [6.07, 6.45) is 3.35. The van der Waals surface area contributed by atoms with E-state index in [9.17, 15) is 4.79 Å². The zero-order valence-electron chi connectivity index (χ0n) is 9.34. The molecule has 2 aromatic heterocycles. The summed E-state index contributed by atoms with van der Waals surface area (Å²) in [4.78, 5) is 15.3. The van der Waals surface area contributed by atoms with E-state index in [-0.39, 0.29) is 0 Å². The van der Waals surface area contributed by atoms with Gasteiger partial charge in [0.05, 0.1) is 5.56 Å². The van der Waals surface area contributed by atoms with E-state index in [4.69, 9.17) is 5.11 Å².